The average molecular weight is 231 g/mol. The molecule has 0 saturated carbocycles. The molecule has 6 heteroatoms. The summed E-state index contributed by atoms with van der Waals surface area (Å²) < 4.78 is 10.3. The first-order valence-corrected chi connectivity index (χ1v) is 5.31. The van der Waals surface area contributed by atoms with Gasteiger partial charge in [-0.05, 0) is 0 Å². The van der Waals surface area contributed by atoms with Crippen molar-refractivity contribution in [1.29, 1.82) is 0 Å². The molecule has 1 unspecified atom stereocenters. The van der Waals surface area contributed by atoms with Crippen molar-refractivity contribution in [1.82, 2.24) is 0 Å². The van der Waals surface area contributed by atoms with E-state index in [1.54, 1.807) is 0 Å². The second-order valence-electron chi connectivity index (χ2n) is 2.94. The number of rotatable bonds is 6. The predicted octanol–water partition coefficient (Wildman–Crippen LogP) is 0.738. The molecule has 0 aliphatic heterocycles. The molecule has 84 valence electrons. The first-order chi connectivity index (χ1) is 7.11. The van der Waals surface area contributed by atoms with Gasteiger partial charge in [0.15, 0.2) is 0 Å². The molecule has 0 aromatic heterocycles. The number of hydrogen-bond acceptors (Lipinski definition) is 4. The van der Waals surface area contributed by atoms with Gasteiger partial charge in [-0.15, -0.1) is 0 Å². The van der Waals surface area contributed by atoms with E-state index in [4.69, 9.17) is 15.9 Å². The molecule has 4 N–H and O–H groups in total. The van der Waals surface area contributed by atoms with Crippen LogP contribution in [0.5, 0.6) is 0 Å². The number of aliphatic carboxylic acids is 1. The fourth-order valence-corrected chi connectivity index (χ4v) is 1.25. The van der Waals surface area contributed by atoms with Crippen LogP contribution in [0.4, 0.5) is 0 Å². The topological polar surface area (TPSA) is 101 Å². The average Bonchev–Trinajstić information content (AvgIpc) is 2.18. The molecule has 5 nitrogen and oxygen atoms in total. The molecule has 0 aromatic carbocycles. The van der Waals surface area contributed by atoms with Crippen molar-refractivity contribution in [3.8, 4) is 5.63 Å². The number of nitrogens with two attached hydrogens (primary N) is 1. The van der Waals surface area contributed by atoms with E-state index in [2.05, 4.69) is 5.63 Å². The second-order valence-corrected chi connectivity index (χ2v) is 3.35. The van der Waals surface area contributed by atoms with Crippen molar-refractivity contribution >= 4 is 13.9 Å². The Hall–Kier alpha value is -0.860. The normalized spacial score (nSPS) is 13.1. The van der Waals surface area contributed by atoms with Crippen LogP contribution in [-0.2, 0) is 9.36 Å². The Bertz CT molecular complexity index is 333. The number of allylic oxidation sites excluding steroid dienone is 1. The van der Waals surface area contributed by atoms with Gasteiger partial charge < -0.3 is 0 Å². The molecule has 1 atom stereocenters. The number of carboxylic acid groups (broad SMARTS) is 1. The van der Waals surface area contributed by atoms with Gasteiger partial charge in [-0.3, -0.25) is 0 Å². The van der Waals surface area contributed by atoms with Crippen LogP contribution in [0.2, 0.25) is 0 Å². The van der Waals surface area contributed by atoms with Crippen molar-refractivity contribution in [3.63, 3.8) is 0 Å². The first-order valence-electron chi connectivity index (χ1n) is 4.50. The van der Waals surface area contributed by atoms with Crippen molar-refractivity contribution in [2.45, 2.75) is 25.3 Å². The Labute approximate surface area is 89.1 Å². The minimum atomic E-state index is -1.14. The summed E-state index contributed by atoms with van der Waals surface area (Å²) in [5.41, 5.74) is 8.27. The summed E-state index contributed by atoms with van der Waals surface area (Å²) >= 11 is 0. The zero-order chi connectivity index (χ0) is 11.7. The van der Waals surface area contributed by atoms with Gasteiger partial charge >= 0.3 is 88.4 Å². The summed E-state index contributed by atoms with van der Waals surface area (Å²) in [6.45, 7) is 0.0767. The van der Waals surface area contributed by atoms with E-state index in [1.165, 1.54) is 6.08 Å². The number of aliphatic hydroxyl groups is 1. The Morgan fingerprint density at radius 1 is 1.53 bits per heavy atom. The number of hydrogen-bond donors (Lipinski definition) is 3. The maximum atomic E-state index is 10.5. The summed E-state index contributed by atoms with van der Waals surface area (Å²) in [5, 5.41) is 17.1. The molecule has 0 rings (SSSR count). The quantitative estimate of drug-likeness (QED) is 0.462. The van der Waals surface area contributed by atoms with Gasteiger partial charge in [-0.1, -0.05) is 0 Å². The summed E-state index contributed by atoms with van der Waals surface area (Å²) in [6, 6.07) is -1.11. The molecule has 15 heavy (non-hydrogen) atoms. The molecular formula is C9H14NO4P. The monoisotopic (exact) mass is 231 g/mol. The van der Waals surface area contributed by atoms with Crippen LogP contribution in [0.25, 0.3) is 0 Å². The Morgan fingerprint density at radius 2 is 2.20 bits per heavy atom. The fraction of sp³-hybridized carbons (Fsp3) is 0.556. The molecular weight excluding hydrogens is 217 g/mol. The van der Waals surface area contributed by atoms with Gasteiger partial charge in [0.1, 0.15) is 0 Å². The maximum absolute atomic E-state index is 10.5. The first kappa shape index (κ1) is 14.1. The zero-order valence-electron chi connectivity index (χ0n) is 8.22. The van der Waals surface area contributed by atoms with Crippen molar-refractivity contribution in [3.05, 3.63) is 11.6 Å². The molecule has 0 fully saturated rings. The molecule has 0 aliphatic carbocycles. The van der Waals surface area contributed by atoms with E-state index in [0.717, 1.165) is 0 Å². The molecule has 0 heterocycles. The number of aliphatic hydroxyl groups excluding tert-OH is 1. The second kappa shape index (κ2) is 8.45. The summed E-state index contributed by atoms with van der Waals surface area (Å²) in [5.74, 6) is -1.14. The van der Waals surface area contributed by atoms with E-state index in [0.29, 0.717) is 24.8 Å². The van der Waals surface area contributed by atoms with Crippen LogP contribution in [0, 0.1) is 5.63 Å². The summed E-state index contributed by atoms with van der Waals surface area (Å²) in [7, 11) is -0.297. The Morgan fingerprint density at radius 3 is 2.67 bits per heavy atom. The predicted molar refractivity (Wildman–Crippen MR) is 56.1 cm³/mol. The molecule has 0 amide bonds. The van der Waals surface area contributed by atoms with Crippen LogP contribution in [-0.4, -0.2) is 28.8 Å². The molecule has 0 saturated heterocycles. The van der Waals surface area contributed by atoms with Gasteiger partial charge in [0.05, 0.1) is 0 Å². The minimum absolute atomic E-state index is 0.0767. The van der Waals surface area contributed by atoms with E-state index in [-0.39, 0.29) is 14.5 Å². The van der Waals surface area contributed by atoms with Gasteiger partial charge in [0.25, 0.3) is 0 Å². The molecule has 0 aromatic rings. The summed E-state index contributed by atoms with van der Waals surface area (Å²) in [4.78, 5) is 10.5. The Balaban J connectivity index is 4.42. The standard InChI is InChI=1S/C9H14NO4P/c10-8(9(12)13)5-7(6-15-14)3-1-2-4-11/h5,8,11H,1-4,10H2,(H,12,13). The van der Waals surface area contributed by atoms with Crippen LogP contribution in [0.1, 0.15) is 19.3 Å². The van der Waals surface area contributed by atoms with Crippen LogP contribution in [0.3, 0.4) is 0 Å². The van der Waals surface area contributed by atoms with Crippen LogP contribution >= 0.6 is 7.92 Å². The van der Waals surface area contributed by atoms with Crippen LogP contribution in [0.15, 0.2) is 11.6 Å². The third-order valence-electron chi connectivity index (χ3n) is 1.71. The number of carbonyl (C=O) groups is 1. The van der Waals surface area contributed by atoms with E-state index < -0.39 is 12.0 Å². The summed E-state index contributed by atoms with van der Waals surface area (Å²) in [6.07, 6.45) is 3.11. The van der Waals surface area contributed by atoms with E-state index in [9.17, 15) is 9.36 Å². The third kappa shape index (κ3) is 7.11. The van der Waals surface area contributed by atoms with E-state index in [1.807, 2.05) is 0 Å². The molecule has 0 radical (unpaired) electrons. The van der Waals surface area contributed by atoms with Gasteiger partial charge in [0.2, 0.25) is 0 Å². The van der Waals surface area contributed by atoms with Crippen molar-refractivity contribution in [2.75, 3.05) is 6.61 Å². The fourth-order valence-electron chi connectivity index (χ4n) is 0.950. The number of carboxylic acids is 1. The molecule has 0 bridgehead atoms. The van der Waals surface area contributed by atoms with Gasteiger partial charge in [-0.2, -0.15) is 0 Å². The molecule has 0 spiro atoms. The molecule has 0 aliphatic rings. The van der Waals surface area contributed by atoms with Gasteiger partial charge in [-0.25, -0.2) is 0 Å². The SMILES string of the molecule is NC(C=C(C#P=O)CCCCO)C(=O)O. The zero-order valence-corrected chi connectivity index (χ0v) is 9.11. The van der Waals surface area contributed by atoms with Crippen LogP contribution < -0.4 is 5.73 Å². The third-order valence-corrected chi connectivity index (χ3v) is 2.09. The van der Waals surface area contributed by atoms with Crippen molar-refractivity contribution < 1.29 is 19.6 Å². The Kier molecular flexibility index (Phi) is 7.96. The van der Waals surface area contributed by atoms with Gasteiger partial charge in [0, 0.05) is 0 Å². The van der Waals surface area contributed by atoms with E-state index >= 15 is 0 Å². The number of unbranched alkanes of at least 4 members (excludes halogenated alkanes) is 1. The van der Waals surface area contributed by atoms with Crippen molar-refractivity contribution in [2.24, 2.45) is 5.73 Å².